The van der Waals surface area contributed by atoms with Gasteiger partial charge in [-0.2, -0.15) is 5.10 Å². The van der Waals surface area contributed by atoms with Crippen molar-refractivity contribution in [2.45, 2.75) is 19.4 Å². The van der Waals surface area contributed by atoms with Crippen molar-refractivity contribution in [3.63, 3.8) is 0 Å². The van der Waals surface area contributed by atoms with Gasteiger partial charge in [0.1, 0.15) is 11.9 Å². The number of nitrogens with zero attached hydrogens (tertiary/aromatic N) is 2. The Morgan fingerprint density at radius 3 is 2.66 bits per heavy atom. The van der Waals surface area contributed by atoms with E-state index in [2.05, 4.69) is 15.7 Å². The second kappa shape index (κ2) is 7.23. The predicted molar refractivity (Wildman–Crippen MR) is 107 cm³/mol. The highest BCUT2D eigenvalue weighted by molar-refractivity contribution is 6.02. The van der Waals surface area contributed by atoms with Crippen molar-refractivity contribution in [2.24, 2.45) is 0 Å². The van der Waals surface area contributed by atoms with Crippen LogP contribution in [0.1, 0.15) is 28.4 Å². The third kappa shape index (κ3) is 3.47. The predicted octanol–water partition coefficient (Wildman–Crippen LogP) is 3.08. The number of anilines is 2. The first kappa shape index (κ1) is 18.4. The molecule has 1 atom stereocenters. The fourth-order valence-corrected chi connectivity index (χ4v) is 3.37. The number of aromatic nitrogens is 2. The van der Waals surface area contributed by atoms with Gasteiger partial charge in [-0.05, 0) is 25.1 Å². The fraction of sp³-hybridized carbons (Fsp3) is 0.143. The van der Waals surface area contributed by atoms with Gasteiger partial charge in [0.25, 0.3) is 0 Å². The highest BCUT2D eigenvalue weighted by Gasteiger charge is 2.34. The SMILES string of the molecule is Cc1c(-c2ccccc2)nn2c1NC(=O)CC2C(=O)Nc1cccc(C(=O)O)c1. The van der Waals surface area contributed by atoms with Gasteiger partial charge in [0.05, 0.1) is 17.7 Å². The number of hydrogen-bond acceptors (Lipinski definition) is 4. The molecule has 0 bridgehead atoms. The van der Waals surface area contributed by atoms with Gasteiger partial charge in [0, 0.05) is 16.8 Å². The Balaban J connectivity index is 1.68. The highest BCUT2D eigenvalue weighted by atomic mass is 16.4. The van der Waals surface area contributed by atoms with Crippen molar-refractivity contribution in [3.05, 3.63) is 65.7 Å². The molecular formula is C21H18N4O4. The van der Waals surface area contributed by atoms with Gasteiger partial charge < -0.3 is 15.7 Å². The normalized spacial score (nSPS) is 15.3. The van der Waals surface area contributed by atoms with Crippen LogP contribution in [0.25, 0.3) is 11.3 Å². The largest absolute Gasteiger partial charge is 0.478 e. The molecule has 3 N–H and O–H groups in total. The van der Waals surface area contributed by atoms with E-state index in [1.807, 2.05) is 37.3 Å². The average molecular weight is 390 g/mol. The number of rotatable bonds is 4. The van der Waals surface area contributed by atoms with Crippen molar-refractivity contribution in [1.82, 2.24) is 9.78 Å². The number of benzene rings is 2. The molecule has 29 heavy (non-hydrogen) atoms. The molecule has 4 rings (SSSR count). The quantitative estimate of drug-likeness (QED) is 0.634. The van der Waals surface area contributed by atoms with Crippen LogP contribution in [0, 0.1) is 6.92 Å². The van der Waals surface area contributed by atoms with Gasteiger partial charge in [-0.1, -0.05) is 36.4 Å². The van der Waals surface area contributed by atoms with Crippen LogP contribution in [0.2, 0.25) is 0 Å². The summed E-state index contributed by atoms with van der Waals surface area (Å²) in [5.41, 5.74) is 2.75. The van der Waals surface area contributed by atoms with Crippen molar-refractivity contribution in [1.29, 1.82) is 0 Å². The molecule has 1 aromatic heterocycles. The molecule has 3 aromatic rings. The van der Waals surface area contributed by atoms with E-state index in [1.165, 1.54) is 16.8 Å². The zero-order chi connectivity index (χ0) is 20.5. The molecule has 0 radical (unpaired) electrons. The van der Waals surface area contributed by atoms with Crippen molar-refractivity contribution < 1.29 is 19.5 Å². The Bertz CT molecular complexity index is 1120. The van der Waals surface area contributed by atoms with Crippen LogP contribution in [0.15, 0.2) is 54.6 Å². The third-order valence-electron chi connectivity index (χ3n) is 4.81. The van der Waals surface area contributed by atoms with E-state index in [0.717, 1.165) is 11.1 Å². The number of nitrogens with one attached hydrogen (secondary N) is 2. The van der Waals surface area contributed by atoms with E-state index in [0.29, 0.717) is 17.2 Å². The van der Waals surface area contributed by atoms with Gasteiger partial charge in [0.15, 0.2) is 0 Å². The number of hydrogen-bond donors (Lipinski definition) is 3. The zero-order valence-electron chi connectivity index (χ0n) is 15.5. The molecule has 0 saturated carbocycles. The smallest absolute Gasteiger partial charge is 0.335 e. The molecule has 0 spiro atoms. The first-order valence-electron chi connectivity index (χ1n) is 9.02. The lowest BCUT2D eigenvalue weighted by Crippen LogP contribution is -2.36. The summed E-state index contributed by atoms with van der Waals surface area (Å²) >= 11 is 0. The summed E-state index contributed by atoms with van der Waals surface area (Å²) < 4.78 is 1.52. The van der Waals surface area contributed by atoms with Crippen LogP contribution in [-0.4, -0.2) is 32.7 Å². The maximum Gasteiger partial charge on any atom is 0.335 e. The molecule has 0 fully saturated rings. The summed E-state index contributed by atoms with van der Waals surface area (Å²) in [5.74, 6) is -1.32. The lowest BCUT2D eigenvalue weighted by Gasteiger charge is -2.24. The summed E-state index contributed by atoms with van der Waals surface area (Å²) in [6.45, 7) is 1.85. The van der Waals surface area contributed by atoms with Gasteiger partial charge in [-0.25, -0.2) is 9.48 Å². The number of carboxylic acids is 1. The molecular weight excluding hydrogens is 372 g/mol. The molecule has 0 saturated heterocycles. The topological polar surface area (TPSA) is 113 Å². The molecule has 2 aromatic carbocycles. The minimum atomic E-state index is -1.09. The lowest BCUT2D eigenvalue weighted by molar-refractivity contribution is -0.125. The average Bonchev–Trinajstić information content (AvgIpc) is 3.04. The number of fused-ring (bicyclic) bond motifs is 1. The van der Waals surface area contributed by atoms with Crippen LogP contribution in [0.5, 0.6) is 0 Å². The molecule has 146 valence electrons. The molecule has 1 unspecified atom stereocenters. The molecule has 2 heterocycles. The van der Waals surface area contributed by atoms with Gasteiger partial charge in [-0.3, -0.25) is 9.59 Å². The monoisotopic (exact) mass is 390 g/mol. The van der Waals surface area contributed by atoms with Gasteiger partial charge >= 0.3 is 5.97 Å². The number of carbonyl (C=O) groups is 3. The molecule has 8 nitrogen and oxygen atoms in total. The van der Waals surface area contributed by atoms with Crippen LogP contribution >= 0.6 is 0 Å². The van der Waals surface area contributed by atoms with E-state index in [1.54, 1.807) is 12.1 Å². The first-order chi connectivity index (χ1) is 13.9. The standard InChI is InChI=1S/C21H18N4O4/c1-12-18(13-6-3-2-4-7-13)24-25-16(11-17(26)23-19(12)25)20(27)22-15-9-5-8-14(10-15)21(28)29/h2-10,16H,11H2,1H3,(H,22,27)(H,23,26)(H,28,29). The Kier molecular flexibility index (Phi) is 4.59. The number of carbonyl (C=O) groups excluding carboxylic acids is 2. The maximum atomic E-state index is 12.9. The van der Waals surface area contributed by atoms with E-state index >= 15 is 0 Å². The lowest BCUT2D eigenvalue weighted by atomic mass is 10.1. The van der Waals surface area contributed by atoms with Crippen molar-refractivity contribution in [2.75, 3.05) is 10.6 Å². The number of aromatic carboxylic acids is 1. The Morgan fingerprint density at radius 2 is 1.93 bits per heavy atom. The Morgan fingerprint density at radius 1 is 1.17 bits per heavy atom. The Hall–Kier alpha value is -3.94. The Labute approximate surface area is 166 Å². The number of carboxylic acid groups (broad SMARTS) is 1. The summed E-state index contributed by atoms with van der Waals surface area (Å²) in [4.78, 5) is 36.3. The first-order valence-corrected chi connectivity index (χ1v) is 9.02. The highest BCUT2D eigenvalue weighted by Crippen LogP contribution is 2.34. The number of amides is 2. The van der Waals surface area contributed by atoms with Crippen LogP contribution < -0.4 is 10.6 Å². The second-order valence-electron chi connectivity index (χ2n) is 6.78. The van der Waals surface area contributed by atoms with Gasteiger partial charge in [0.2, 0.25) is 11.8 Å². The molecule has 0 aliphatic carbocycles. The molecule has 8 heteroatoms. The molecule has 1 aliphatic rings. The van der Waals surface area contributed by atoms with E-state index in [9.17, 15) is 14.4 Å². The van der Waals surface area contributed by atoms with E-state index < -0.39 is 17.9 Å². The fourth-order valence-electron chi connectivity index (χ4n) is 3.37. The van der Waals surface area contributed by atoms with E-state index in [4.69, 9.17) is 5.11 Å². The van der Waals surface area contributed by atoms with Crippen LogP contribution in [-0.2, 0) is 9.59 Å². The molecule has 1 aliphatic heterocycles. The minimum absolute atomic E-state index is 0.0613. The summed E-state index contributed by atoms with van der Waals surface area (Å²) in [6.07, 6.45) is -0.0627. The molecule has 2 amide bonds. The van der Waals surface area contributed by atoms with Crippen molar-refractivity contribution >= 4 is 29.3 Å². The summed E-state index contributed by atoms with van der Waals surface area (Å²) in [6, 6.07) is 14.6. The van der Waals surface area contributed by atoms with Gasteiger partial charge in [-0.15, -0.1) is 0 Å². The zero-order valence-corrected chi connectivity index (χ0v) is 15.5. The summed E-state index contributed by atoms with van der Waals surface area (Å²) in [7, 11) is 0. The summed E-state index contributed by atoms with van der Waals surface area (Å²) in [5, 5.41) is 19.2. The van der Waals surface area contributed by atoms with Crippen molar-refractivity contribution in [3.8, 4) is 11.3 Å². The van der Waals surface area contributed by atoms with E-state index in [-0.39, 0.29) is 17.9 Å². The maximum absolute atomic E-state index is 12.9. The van der Waals surface area contributed by atoms with Crippen LogP contribution in [0.4, 0.5) is 11.5 Å². The minimum Gasteiger partial charge on any atom is -0.478 e. The third-order valence-corrected chi connectivity index (χ3v) is 4.81. The second-order valence-corrected chi connectivity index (χ2v) is 6.78. The van der Waals surface area contributed by atoms with Crippen LogP contribution in [0.3, 0.4) is 0 Å².